The quantitative estimate of drug-likeness (QED) is 0.690. The van der Waals surface area contributed by atoms with Crippen molar-refractivity contribution >= 4 is 6.08 Å². The lowest BCUT2D eigenvalue weighted by atomic mass is 10.3. The summed E-state index contributed by atoms with van der Waals surface area (Å²) < 4.78 is 0. The number of aliphatic hydroxyl groups excluding tert-OH is 1. The highest BCUT2D eigenvalue weighted by molar-refractivity contribution is 5.44. The first-order valence-electron chi connectivity index (χ1n) is 3.56. The summed E-state index contributed by atoms with van der Waals surface area (Å²) in [7, 11) is 0. The topological polar surface area (TPSA) is 33.1 Å². The Kier molecular flexibility index (Phi) is 2.81. The number of nitrogens with zero attached hydrogens (tertiary/aromatic N) is 1. The van der Waals surface area contributed by atoms with Gasteiger partial charge in [0.25, 0.3) is 0 Å². The Morgan fingerprint density at radius 2 is 2.36 bits per heavy atom. The minimum absolute atomic E-state index is 0.406. The van der Waals surface area contributed by atoms with Gasteiger partial charge in [0.05, 0.1) is 11.8 Å². The fourth-order valence-electron chi connectivity index (χ4n) is 0.712. The van der Waals surface area contributed by atoms with Gasteiger partial charge in [0.2, 0.25) is 0 Å². The van der Waals surface area contributed by atoms with Crippen molar-refractivity contribution < 1.29 is 5.11 Å². The number of aromatic nitrogens is 1. The third-order valence-electron chi connectivity index (χ3n) is 1.23. The molecule has 1 aromatic rings. The molecular weight excluding hydrogens is 138 g/mol. The van der Waals surface area contributed by atoms with E-state index in [1.54, 1.807) is 25.3 Å². The molecule has 0 saturated carbocycles. The molecule has 0 aliphatic heterocycles. The van der Waals surface area contributed by atoms with E-state index in [-0.39, 0.29) is 0 Å². The lowest BCUT2D eigenvalue weighted by Gasteiger charge is -1.93. The van der Waals surface area contributed by atoms with Crippen LogP contribution in [0.4, 0.5) is 0 Å². The molecule has 1 aromatic heterocycles. The monoisotopic (exact) mass is 149 g/mol. The Morgan fingerprint density at radius 1 is 1.55 bits per heavy atom. The van der Waals surface area contributed by atoms with E-state index in [0.29, 0.717) is 0 Å². The lowest BCUT2D eigenvalue weighted by molar-refractivity contribution is 0.245. The second-order valence-corrected chi connectivity index (χ2v) is 2.35. The summed E-state index contributed by atoms with van der Waals surface area (Å²) in [6, 6.07) is 5.66. The summed E-state index contributed by atoms with van der Waals surface area (Å²) in [6.45, 7) is 1.71. The first-order chi connectivity index (χ1) is 5.29. The average Bonchev–Trinajstić information content (AvgIpc) is 2.03. The van der Waals surface area contributed by atoms with Crippen LogP contribution in [0.2, 0.25) is 0 Å². The maximum absolute atomic E-state index is 8.90. The predicted octanol–water partition coefficient (Wildman–Crippen LogP) is 1.48. The molecule has 1 rings (SSSR count). The van der Waals surface area contributed by atoms with Crippen LogP contribution in [-0.2, 0) is 0 Å². The fraction of sp³-hybridized carbons (Fsp3) is 0.222. The summed E-state index contributed by atoms with van der Waals surface area (Å²) in [5.74, 6) is 0. The molecule has 0 spiro atoms. The molecule has 1 N–H and O–H groups in total. The van der Waals surface area contributed by atoms with E-state index in [1.807, 2.05) is 18.2 Å². The van der Waals surface area contributed by atoms with Gasteiger partial charge in [-0.15, -0.1) is 0 Å². The predicted molar refractivity (Wildman–Crippen MR) is 45.0 cm³/mol. The van der Waals surface area contributed by atoms with Crippen LogP contribution in [0.3, 0.4) is 0 Å². The van der Waals surface area contributed by atoms with Gasteiger partial charge in [-0.05, 0) is 25.1 Å². The minimum atomic E-state index is -0.406. The van der Waals surface area contributed by atoms with E-state index < -0.39 is 6.10 Å². The van der Waals surface area contributed by atoms with Crippen molar-refractivity contribution in [2.75, 3.05) is 0 Å². The molecule has 0 unspecified atom stereocenters. The smallest absolute Gasteiger partial charge is 0.0696 e. The second kappa shape index (κ2) is 3.88. The van der Waals surface area contributed by atoms with Crippen LogP contribution in [0.15, 0.2) is 30.5 Å². The van der Waals surface area contributed by atoms with E-state index in [4.69, 9.17) is 5.11 Å². The molecule has 58 valence electrons. The average molecular weight is 149 g/mol. The molecule has 0 fully saturated rings. The van der Waals surface area contributed by atoms with E-state index in [9.17, 15) is 0 Å². The highest BCUT2D eigenvalue weighted by Crippen LogP contribution is 1.97. The molecule has 1 heterocycles. The zero-order valence-corrected chi connectivity index (χ0v) is 6.44. The molecule has 0 radical (unpaired) electrons. The highest BCUT2D eigenvalue weighted by atomic mass is 16.3. The third-order valence-corrected chi connectivity index (χ3v) is 1.23. The molecule has 0 aromatic carbocycles. The van der Waals surface area contributed by atoms with Gasteiger partial charge in [0, 0.05) is 6.20 Å². The van der Waals surface area contributed by atoms with E-state index >= 15 is 0 Å². The Bertz CT molecular complexity index is 229. The number of hydrogen-bond acceptors (Lipinski definition) is 2. The van der Waals surface area contributed by atoms with Crippen molar-refractivity contribution in [1.29, 1.82) is 0 Å². The Hall–Kier alpha value is -1.15. The van der Waals surface area contributed by atoms with Crippen molar-refractivity contribution in [2.45, 2.75) is 13.0 Å². The van der Waals surface area contributed by atoms with Gasteiger partial charge in [-0.2, -0.15) is 0 Å². The summed E-state index contributed by atoms with van der Waals surface area (Å²) in [5.41, 5.74) is 0.869. The van der Waals surface area contributed by atoms with Crippen LogP contribution in [0.25, 0.3) is 6.08 Å². The first-order valence-corrected chi connectivity index (χ1v) is 3.56. The van der Waals surface area contributed by atoms with E-state index in [2.05, 4.69) is 4.98 Å². The molecule has 0 amide bonds. The summed E-state index contributed by atoms with van der Waals surface area (Å²) in [5, 5.41) is 8.90. The van der Waals surface area contributed by atoms with Gasteiger partial charge in [-0.25, -0.2) is 0 Å². The molecule has 2 heteroatoms. The third kappa shape index (κ3) is 2.96. The van der Waals surface area contributed by atoms with Crippen molar-refractivity contribution in [2.24, 2.45) is 0 Å². The van der Waals surface area contributed by atoms with Crippen LogP contribution in [-0.4, -0.2) is 16.2 Å². The molecule has 0 bridgehead atoms. The normalized spacial score (nSPS) is 13.6. The van der Waals surface area contributed by atoms with Crippen molar-refractivity contribution in [3.05, 3.63) is 36.2 Å². The largest absolute Gasteiger partial charge is 0.389 e. The molecule has 11 heavy (non-hydrogen) atoms. The maximum Gasteiger partial charge on any atom is 0.0696 e. The zero-order chi connectivity index (χ0) is 8.10. The molecule has 0 aliphatic carbocycles. The lowest BCUT2D eigenvalue weighted by Crippen LogP contribution is -1.91. The minimum Gasteiger partial charge on any atom is -0.389 e. The van der Waals surface area contributed by atoms with E-state index in [0.717, 1.165) is 5.69 Å². The van der Waals surface area contributed by atoms with Crippen LogP contribution in [0, 0.1) is 0 Å². The summed E-state index contributed by atoms with van der Waals surface area (Å²) in [4.78, 5) is 4.05. The van der Waals surface area contributed by atoms with Gasteiger partial charge < -0.3 is 5.11 Å². The first kappa shape index (κ1) is 7.95. The highest BCUT2D eigenvalue weighted by Gasteiger charge is 1.86. The molecule has 0 aliphatic rings. The SMILES string of the molecule is C[C@@H](O)/C=C/c1ccccn1. The van der Waals surface area contributed by atoms with Gasteiger partial charge >= 0.3 is 0 Å². The fourth-order valence-corrected chi connectivity index (χ4v) is 0.712. The van der Waals surface area contributed by atoms with Crippen molar-refractivity contribution in [3.63, 3.8) is 0 Å². The Morgan fingerprint density at radius 3 is 2.91 bits per heavy atom. The second-order valence-electron chi connectivity index (χ2n) is 2.35. The number of rotatable bonds is 2. The standard InChI is InChI=1S/C9H11NO/c1-8(11)5-6-9-4-2-3-7-10-9/h2-8,11H,1H3/b6-5+/t8-/m1/s1. The molecule has 1 atom stereocenters. The molecule has 2 nitrogen and oxygen atoms in total. The number of pyridine rings is 1. The van der Waals surface area contributed by atoms with Crippen LogP contribution < -0.4 is 0 Å². The van der Waals surface area contributed by atoms with Crippen molar-refractivity contribution in [1.82, 2.24) is 4.98 Å². The van der Waals surface area contributed by atoms with Gasteiger partial charge in [-0.3, -0.25) is 4.98 Å². The van der Waals surface area contributed by atoms with Gasteiger partial charge in [0.1, 0.15) is 0 Å². The Labute approximate surface area is 66.2 Å². The van der Waals surface area contributed by atoms with Crippen molar-refractivity contribution in [3.8, 4) is 0 Å². The van der Waals surface area contributed by atoms with Crippen LogP contribution >= 0.6 is 0 Å². The van der Waals surface area contributed by atoms with Gasteiger partial charge in [-0.1, -0.05) is 12.1 Å². The van der Waals surface area contributed by atoms with Crippen LogP contribution in [0.1, 0.15) is 12.6 Å². The maximum atomic E-state index is 8.90. The summed E-state index contributed by atoms with van der Waals surface area (Å²) in [6.07, 6.45) is 4.81. The number of hydrogen-bond donors (Lipinski definition) is 1. The van der Waals surface area contributed by atoms with E-state index in [1.165, 1.54) is 0 Å². The summed E-state index contributed by atoms with van der Waals surface area (Å²) >= 11 is 0. The molecule has 0 saturated heterocycles. The zero-order valence-electron chi connectivity index (χ0n) is 6.44. The Balaban J connectivity index is 2.65. The number of aliphatic hydroxyl groups is 1. The van der Waals surface area contributed by atoms with Crippen LogP contribution in [0.5, 0.6) is 0 Å². The van der Waals surface area contributed by atoms with Gasteiger partial charge in [0.15, 0.2) is 0 Å². The molecular formula is C9H11NO.